The van der Waals surface area contributed by atoms with E-state index in [0.717, 1.165) is 5.69 Å². The van der Waals surface area contributed by atoms with Crippen LogP contribution >= 0.6 is 11.6 Å². The second kappa shape index (κ2) is 7.88. The number of carbonyl (C=O) groups is 1. The summed E-state index contributed by atoms with van der Waals surface area (Å²) < 4.78 is 0. The van der Waals surface area contributed by atoms with E-state index in [9.17, 15) is 4.79 Å². The van der Waals surface area contributed by atoms with Crippen LogP contribution in [-0.2, 0) is 4.79 Å². The largest absolute Gasteiger partial charge is 0.370 e. The third kappa shape index (κ3) is 8.19. The van der Waals surface area contributed by atoms with Crippen LogP contribution in [0, 0.1) is 0 Å². The molecule has 0 bridgehead atoms. The molecule has 1 aromatic carbocycles. The van der Waals surface area contributed by atoms with E-state index < -0.39 is 0 Å². The van der Waals surface area contributed by atoms with Crippen molar-refractivity contribution in [2.75, 3.05) is 11.9 Å². The highest BCUT2D eigenvalue weighted by Crippen LogP contribution is 2.13. The fourth-order valence-corrected chi connectivity index (χ4v) is 1.75. The molecule has 0 radical (unpaired) electrons. The van der Waals surface area contributed by atoms with Gasteiger partial charge >= 0.3 is 0 Å². The summed E-state index contributed by atoms with van der Waals surface area (Å²) in [5.74, 6) is 0.357. The van der Waals surface area contributed by atoms with Crippen LogP contribution in [0.2, 0.25) is 5.02 Å². The predicted octanol–water partition coefficient (Wildman–Crippen LogP) is 2.76. The lowest BCUT2D eigenvalue weighted by Crippen LogP contribution is -2.45. The lowest BCUT2D eigenvalue weighted by atomic mass is 10.1. The summed E-state index contributed by atoms with van der Waals surface area (Å²) in [6, 6.07) is 7.01. The van der Waals surface area contributed by atoms with Crippen molar-refractivity contribution in [3.8, 4) is 0 Å². The molecule has 21 heavy (non-hydrogen) atoms. The van der Waals surface area contributed by atoms with Gasteiger partial charge < -0.3 is 16.4 Å². The summed E-state index contributed by atoms with van der Waals surface area (Å²) in [7, 11) is 0. The molecule has 0 unspecified atom stereocenters. The van der Waals surface area contributed by atoms with Gasteiger partial charge in [0.25, 0.3) is 0 Å². The topological polar surface area (TPSA) is 79.5 Å². The van der Waals surface area contributed by atoms with Crippen LogP contribution in [-0.4, -0.2) is 24.0 Å². The van der Waals surface area contributed by atoms with Gasteiger partial charge in [0, 0.05) is 29.2 Å². The molecule has 0 aliphatic heterocycles. The van der Waals surface area contributed by atoms with E-state index in [1.807, 2.05) is 20.8 Å². The number of nitrogens with zero attached hydrogens (tertiary/aromatic N) is 1. The maximum absolute atomic E-state index is 11.7. The SMILES string of the molecule is CC(C)(C)NC(N)=NCCCC(=O)Nc1ccc(Cl)cc1. The minimum Gasteiger partial charge on any atom is -0.370 e. The fraction of sp³-hybridized carbons (Fsp3) is 0.467. The zero-order valence-electron chi connectivity index (χ0n) is 12.7. The Bertz CT molecular complexity index is 491. The molecular weight excluding hydrogens is 288 g/mol. The smallest absolute Gasteiger partial charge is 0.224 e. The van der Waals surface area contributed by atoms with Crippen molar-refractivity contribution >= 4 is 29.2 Å². The number of amides is 1. The van der Waals surface area contributed by atoms with Gasteiger partial charge in [-0.1, -0.05) is 11.6 Å². The average molecular weight is 311 g/mol. The number of guanidine groups is 1. The zero-order valence-corrected chi connectivity index (χ0v) is 13.5. The molecule has 1 aromatic rings. The van der Waals surface area contributed by atoms with Crippen LogP contribution < -0.4 is 16.4 Å². The number of nitrogens with two attached hydrogens (primary N) is 1. The maximum Gasteiger partial charge on any atom is 0.224 e. The summed E-state index contributed by atoms with van der Waals surface area (Å²) >= 11 is 5.78. The standard InChI is InChI=1S/C15H23ClN4O/c1-15(2,3)20-14(17)18-10-4-5-13(21)19-12-8-6-11(16)7-9-12/h6-9H,4-5,10H2,1-3H3,(H,19,21)(H3,17,18,20). The second-order valence-corrected chi connectivity index (χ2v) is 6.24. The Labute approximate surface area is 131 Å². The first kappa shape index (κ1) is 17.3. The Morgan fingerprint density at radius 3 is 2.48 bits per heavy atom. The molecule has 4 N–H and O–H groups in total. The van der Waals surface area contributed by atoms with Crippen molar-refractivity contribution < 1.29 is 4.79 Å². The molecule has 0 saturated heterocycles. The first-order chi connectivity index (χ1) is 9.76. The summed E-state index contributed by atoms with van der Waals surface area (Å²) in [5.41, 5.74) is 6.37. The Balaban J connectivity index is 2.27. The maximum atomic E-state index is 11.7. The predicted molar refractivity (Wildman–Crippen MR) is 88.7 cm³/mol. The molecule has 0 aliphatic carbocycles. The van der Waals surface area contributed by atoms with Crippen LogP contribution in [0.1, 0.15) is 33.6 Å². The molecule has 1 amide bonds. The first-order valence-corrected chi connectivity index (χ1v) is 7.27. The molecule has 0 atom stereocenters. The van der Waals surface area contributed by atoms with E-state index in [0.29, 0.717) is 30.4 Å². The number of rotatable bonds is 5. The number of hydrogen-bond donors (Lipinski definition) is 3. The molecule has 0 heterocycles. The summed E-state index contributed by atoms with van der Waals surface area (Å²) in [5, 5.41) is 6.51. The number of halogens is 1. The van der Waals surface area contributed by atoms with Gasteiger partial charge in [0.05, 0.1) is 0 Å². The minimum atomic E-state index is -0.112. The van der Waals surface area contributed by atoms with Crippen molar-refractivity contribution in [3.05, 3.63) is 29.3 Å². The molecule has 116 valence electrons. The quantitative estimate of drug-likeness (QED) is 0.444. The van der Waals surface area contributed by atoms with Crippen LogP contribution in [0.25, 0.3) is 0 Å². The highest BCUT2D eigenvalue weighted by molar-refractivity contribution is 6.30. The molecule has 0 aliphatic rings. The van der Waals surface area contributed by atoms with Gasteiger partial charge in [-0.15, -0.1) is 0 Å². The lowest BCUT2D eigenvalue weighted by Gasteiger charge is -2.20. The van der Waals surface area contributed by atoms with E-state index in [1.54, 1.807) is 24.3 Å². The van der Waals surface area contributed by atoms with Gasteiger partial charge in [-0.05, 0) is 51.5 Å². The number of nitrogens with one attached hydrogen (secondary N) is 2. The number of hydrogen-bond acceptors (Lipinski definition) is 2. The molecule has 1 rings (SSSR count). The highest BCUT2D eigenvalue weighted by atomic mass is 35.5. The van der Waals surface area contributed by atoms with E-state index in [4.69, 9.17) is 17.3 Å². The van der Waals surface area contributed by atoms with Crippen LogP contribution in [0.5, 0.6) is 0 Å². The van der Waals surface area contributed by atoms with Gasteiger partial charge in [0.1, 0.15) is 0 Å². The van der Waals surface area contributed by atoms with E-state index in [-0.39, 0.29) is 11.4 Å². The molecule has 5 nitrogen and oxygen atoms in total. The number of aliphatic imine (C=N–C) groups is 1. The summed E-state index contributed by atoms with van der Waals surface area (Å²) in [6.45, 7) is 6.54. The molecule has 0 saturated carbocycles. The Morgan fingerprint density at radius 2 is 1.90 bits per heavy atom. The van der Waals surface area contributed by atoms with Crippen molar-refractivity contribution in [2.24, 2.45) is 10.7 Å². The van der Waals surface area contributed by atoms with Gasteiger partial charge in [-0.25, -0.2) is 0 Å². The van der Waals surface area contributed by atoms with Gasteiger partial charge in [0.2, 0.25) is 5.91 Å². The third-order valence-corrected chi connectivity index (χ3v) is 2.73. The van der Waals surface area contributed by atoms with Crippen LogP contribution in [0.4, 0.5) is 5.69 Å². The van der Waals surface area contributed by atoms with Crippen LogP contribution in [0.3, 0.4) is 0 Å². The van der Waals surface area contributed by atoms with Gasteiger partial charge in [-0.3, -0.25) is 9.79 Å². The van der Waals surface area contributed by atoms with Crippen molar-refractivity contribution in [1.29, 1.82) is 0 Å². The van der Waals surface area contributed by atoms with Gasteiger partial charge in [-0.2, -0.15) is 0 Å². The fourth-order valence-electron chi connectivity index (χ4n) is 1.62. The Kier molecular flexibility index (Phi) is 6.49. The van der Waals surface area contributed by atoms with Crippen molar-refractivity contribution in [2.45, 2.75) is 39.2 Å². The zero-order chi connectivity index (χ0) is 15.9. The molecule has 0 aromatic heterocycles. The summed E-state index contributed by atoms with van der Waals surface area (Å²) in [4.78, 5) is 15.9. The highest BCUT2D eigenvalue weighted by Gasteiger charge is 2.09. The number of benzene rings is 1. The monoisotopic (exact) mass is 310 g/mol. The van der Waals surface area contributed by atoms with Crippen molar-refractivity contribution in [3.63, 3.8) is 0 Å². The molecule has 0 fully saturated rings. The molecule has 0 spiro atoms. The van der Waals surface area contributed by atoms with Crippen LogP contribution in [0.15, 0.2) is 29.3 Å². The number of carbonyl (C=O) groups excluding carboxylic acids is 1. The van der Waals surface area contributed by atoms with E-state index in [1.165, 1.54) is 0 Å². The normalized spacial score (nSPS) is 12.1. The molecule has 6 heteroatoms. The van der Waals surface area contributed by atoms with Gasteiger partial charge in [0.15, 0.2) is 5.96 Å². The third-order valence-electron chi connectivity index (χ3n) is 2.48. The van der Waals surface area contributed by atoms with E-state index in [2.05, 4.69) is 15.6 Å². The average Bonchev–Trinajstić information content (AvgIpc) is 2.35. The first-order valence-electron chi connectivity index (χ1n) is 6.90. The Morgan fingerprint density at radius 1 is 1.29 bits per heavy atom. The molecular formula is C15H23ClN4O. The minimum absolute atomic E-state index is 0.0464. The van der Waals surface area contributed by atoms with E-state index >= 15 is 0 Å². The Hall–Kier alpha value is -1.75. The summed E-state index contributed by atoms with van der Waals surface area (Å²) in [6.07, 6.45) is 1.04. The second-order valence-electron chi connectivity index (χ2n) is 5.80. The lowest BCUT2D eigenvalue weighted by molar-refractivity contribution is -0.116. The number of anilines is 1. The van der Waals surface area contributed by atoms with Crippen molar-refractivity contribution in [1.82, 2.24) is 5.32 Å².